The zero-order valence-electron chi connectivity index (χ0n) is 22.7. The molecule has 2 aromatic carbocycles. The Kier molecular flexibility index (Phi) is 9.81. The number of hydrogen-bond donors (Lipinski definition) is 2. The van der Waals surface area contributed by atoms with Crippen molar-refractivity contribution < 1.29 is 41.1 Å². The maximum Gasteiger partial charge on any atom is 0.416 e. The standard InChI is InChI=1S/C26H31F3N6O6S/c1-40-18-16-34-14-11-25(12-15-34,24(36)32-37)42(38,39)22-9-7-21(8-10-22)41-17-2-13-35-31-23(30-33-35)19-3-5-20(6-4-19)26(27,28)29/h3-10,37H,2,11-18H2,1H3,(H,32,36). The van der Waals surface area contributed by atoms with Crippen molar-refractivity contribution in [2.45, 2.75) is 41.6 Å². The van der Waals surface area contributed by atoms with Gasteiger partial charge >= 0.3 is 6.18 Å². The molecule has 1 amide bonds. The quantitative estimate of drug-likeness (QED) is 0.178. The number of piperidine rings is 1. The molecular formula is C26H31F3N6O6S. The van der Waals surface area contributed by atoms with Crippen molar-refractivity contribution in [1.82, 2.24) is 30.6 Å². The summed E-state index contributed by atoms with van der Waals surface area (Å²) in [6.45, 7) is 2.34. The summed E-state index contributed by atoms with van der Waals surface area (Å²) in [5.74, 6) is -0.367. The van der Waals surface area contributed by atoms with Crippen LogP contribution < -0.4 is 10.2 Å². The minimum Gasteiger partial charge on any atom is -0.494 e. The fourth-order valence-corrected chi connectivity index (χ4v) is 6.63. The summed E-state index contributed by atoms with van der Waals surface area (Å²) >= 11 is 0. The first-order valence-electron chi connectivity index (χ1n) is 13.1. The van der Waals surface area contributed by atoms with Gasteiger partial charge in [-0.3, -0.25) is 10.0 Å². The number of carbonyl (C=O) groups is 1. The van der Waals surface area contributed by atoms with Crippen LogP contribution in [-0.2, 0) is 32.1 Å². The van der Waals surface area contributed by atoms with Gasteiger partial charge in [0.1, 0.15) is 5.75 Å². The topological polar surface area (TPSA) is 149 Å². The third-order valence-electron chi connectivity index (χ3n) is 7.13. The predicted molar refractivity (Wildman–Crippen MR) is 142 cm³/mol. The van der Waals surface area contributed by atoms with Gasteiger partial charge in [-0.1, -0.05) is 12.1 Å². The summed E-state index contributed by atoms with van der Waals surface area (Å²) in [6.07, 6.45) is -3.94. The molecule has 0 radical (unpaired) electrons. The highest BCUT2D eigenvalue weighted by atomic mass is 32.2. The number of hydroxylamine groups is 1. The van der Waals surface area contributed by atoms with Crippen LogP contribution in [0, 0.1) is 0 Å². The van der Waals surface area contributed by atoms with Gasteiger partial charge in [0.25, 0.3) is 5.91 Å². The molecule has 0 atom stereocenters. The van der Waals surface area contributed by atoms with Gasteiger partial charge in [0, 0.05) is 38.7 Å². The molecule has 228 valence electrons. The number of carbonyl (C=O) groups excluding carboxylic acids is 1. The Labute approximate surface area is 240 Å². The van der Waals surface area contributed by atoms with E-state index in [0.717, 1.165) is 12.1 Å². The number of aryl methyl sites for hydroxylation is 1. The maximum absolute atomic E-state index is 13.6. The molecule has 42 heavy (non-hydrogen) atoms. The molecule has 0 saturated carbocycles. The second-order valence-corrected chi connectivity index (χ2v) is 12.0. The number of aromatic nitrogens is 4. The van der Waals surface area contributed by atoms with E-state index < -0.39 is 32.2 Å². The predicted octanol–water partition coefficient (Wildman–Crippen LogP) is 2.59. The number of alkyl halides is 3. The zero-order chi connectivity index (χ0) is 30.4. The number of nitrogens with zero attached hydrogens (tertiary/aromatic N) is 5. The lowest BCUT2D eigenvalue weighted by Gasteiger charge is -2.39. The van der Waals surface area contributed by atoms with E-state index in [2.05, 4.69) is 15.4 Å². The average molecular weight is 613 g/mol. The van der Waals surface area contributed by atoms with Crippen molar-refractivity contribution in [2.24, 2.45) is 0 Å². The maximum atomic E-state index is 13.6. The van der Waals surface area contributed by atoms with E-state index >= 15 is 0 Å². The van der Waals surface area contributed by atoms with E-state index in [-0.39, 0.29) is 30.2 Å². The Morgan fingerprint density at radius 1 is 1.05 bits per heavy atom. The van der Waals surface area contributed by atoms with Crippen molar-refractivity contribution in [1.29, 1.82) is 0 Å². The molecule has 1 aliphatic rings. The zero-order valence-corrected chi connectivity index (χ0v) is 23.6. The minimum absolute atomic E-state index is 0.0145. The fraction of sp³-hybridized carbons (Fsp3) is 0.462. The molecule has 1 aromatic heterocycles. The minimum atomic E-state index is -4.43. The Hall–Kier alpha value is -3.60. The highest BCUT2D eigenvalue weighted by Crippen LogP contribution is 2.36. The van der Waals surface area contributed by atoms with E-state index in [0.29, 0.717) is 50.5 Å². The lowest BCUT2D eigenvalue weighted by Crippen LogP contribution is -2.57. The van der Waals surface area contributed by atoms with Gasteiger partial charge < -0.3 is 14.4 Å². The number of halogens is 3. The number of rotatable bonds is 12. The van der Waals surface area contributed by atoms with Crippen molar-refractivity contribution in [3.05, 3.63) is 54.1 Å². The molecule has 4 rings (SSSR count). The summed E-state index contributed by atoms with van der Waals surface area (Å²) in [7, 11) is -2.58. The molecule has 12 nitrogen and oxygen atoms in total. The third-order valence-corrected chi connectivity index (χ3v) is 9.65. The van der Waals surface area contributed by atoms with Crippen molar-refractivity contribution in [3.63, 3.8) is 0 Å². The molecule has 0 bridgehead atoms. The number of methoxy groups -OCH3 is 1. The molecule has 1 fully saturated rings. The highest BCUT2D eigenvalue weighted by molar-refractivity contribution is 7.93. The van der Waals surface area contributed by atoms with Crippen LogP contribution in [0.1, 0.15) is 24.8 Å². The molecule has 1 aliphatic heterocycles. The Bertz CT molecular complexity index is 1440. The van der Waals surface area contributed by atoms with Gasteiger partial charge in [0.05, 0.1) is 30.2 Å². The summed E-state index contributed by atoms with van der Waals surface area (Å²) in [5.41, 5.74) is 1.17. The number of amides is 1. The SMILES string of the molecule is COCCN1CCC(C(=O)NO)(S(=O)(=O)c2ccc(OCCCn3nnc(-c4ccc(C(F)(F)F)cc4)n3)cc2)CC1. The van der Waals surface area contributed by atoms with E-state index in [1.165, 1.54) is 41.2 Å². The van der Waals surface area contributed by atoms with Crippen LogP contribution in [0.2, 0.25) is 0 Å². The summed E-state index contributed by atoms with van der Waals surface area (Å²) in [4.78, 5) is 15.9. The van der Waals surface area contributed by atoms with Crippen molar-refractivity contribution in [3.8, 4) is 17.1 Å². The molecule has 1 saturated heterocycles. The number of hydrogen-bond acceptors (Lipinski definition) is 10. The third kappa shape index (κ3) is 6.88. The smallest absolute Gasteiger partial charge is 0.416 e. The first kappa shape index (κ1) is 31.3. The number of likely N-dealkylation sites (tertiary alicyclic amines) is 1. The lowest BCUT2D eigenvalue weighted by molar-refractivity contribution is -0.137. The number of sulfone groups is 1. The number of tetrazole rings is 1. The lowest BCUT2D eigenvalue weighted by atomic mass is 9.95. The normalized spacial score (nSPS) is 15.8. The van der Waals surface area contributed by atoms with Gasteiger partial charge in [-0.25, -0.2) is 13.9 Å². The second-order valence-electron chi connectivity index (χ2n) is 9.73. The van der Waals surface area contributed by atoms with E-state index in [1.807, 2.05) is 4.90 Å². The van der Waals surface area contributed by atoms with Crippen LogP contribution in [-0.4, -0.2) is 89.3 Å². The van der Waals surface area contributed by atoms with Crippen LogP contribution in [0.4, 0.5) is 13.2 Å². The fourth-order valence-electron chi connectivity index (χ4n) is 4.68. The molecule has 3 aromatic rings. The number of ether oxygens (including phenoxy) is 2. The van der Waals surface area contributed by atoms with Crippen LogP contribution in [0.15, 0.2) is 53.4 Å². The van der Waals surface area contributed by atoms with Gasteiger partial charge in [0.2, 0.25) is 5.82 Å². The van der Waals surface area contributed by atoms with Gasteiger partial charge in [-0.05, 0) is 54.5 Å². The summed E-state index contributed by atoms with van der Waals surface area (Å²) in [6, 6.07) is 10.2. The average Bonchev–Trinajstić information content (AvgIpc) is 3.47. The van der Waals surface area contributed by atoms with Crippen molar-refractivity contribution >= 4 is 15.7 Å². The first-order chi connectivity index (χ1) is 20.0. The Morgan fingerprint density at radius 2 is 1.71 bits per heavy atom. The van der Waals surface area contributed by atoms with Gasteiger partial charge in [-0.2, -0.15) is 18.0 Å². The molecule has 0 unspecified atom stereocenters. The van der Waals surface area contributed by atoms with Crippen molar-refractivity contribution in [2.75, 3.05) is 40.0 Å². The Balaban J connectivity index is 1.32. The monoisotopic (exact) mass is 612 g/mol. The molecule has 0 spiro atoms. The van der Waals surface area contributed by atoms with Crippen LogP contribution in [0.5, 0.6) is 5.75 Å². The number of nitrogens with one attached hydrogen (secondary N) is 1. The molecular weight excluding hydrogens is 581 g/mol. The highest BCUT2D eigenvalue weighted by Gasteiger charge is 2.52. The van der Waals surface area contributed by atoms with Gasteiger partial charge in [0.15, 0.2) is 14.6 Å². The second kappa shape index (κ2) is 13.1. The molecule has 0 aliphatic carbocycles. The van der Waals surface area contributed by atoms with Crippen LogP contribution in [0.3, 0.4) is 0 Å². The number of benzene rings is 2. The molecule has 2 N–H and O–H groups in total. The largest absolute Gasteiger partial charge is 0.494 e. The summed E-state index contributed by atoms with van der Waals surface area (Å²) < 4.78 is 74.4. The van der Waals surface area contributed by atoms with E-state index in [1.54, 1.807) is 12.6 Å². The van der Waals surface area contributed by atoms with Crippen LogP contribution >= 0.6 is 0 Å². The van der Waals surface area contributed by atoms with Crippen LogP contribution in [0.25, 0.3) is 11.4 Å². The summed E-state index contributed by atoms with van der Waals surface area (Å²) in [5, 5.41) is 21.3. The van der Waals surface area contributed by atoms with Gasteiger partial charge in [-0.15, -0.1) is 10.2 Å². The molecule has 2 heterocycles. The Morgan fingerprint density at radius 3 is 2.31 bits per heavy atom. The first-order valence-corrected chi connectivity index (χ1v) is 14.6. The molecule has 16 heteroatoms. The van der Waals surface area contributed by atoms with E-state index in [4.69, 9.17) is 9.47 Å². The van der Waals surface area contributed by atoms with E-state index in [9.17, 15) is 31.6 Å².